The molecule has 7 heteroatoms. The summed E-state index contributed by atoms with van der Waals surface area (Å²) in [7, 11) is 1.56. The van der Waals surface area contributed by atoms with Crippen LogP contribution in [0.25, 0.3) is 0 Å². The van der Waals surface area contributed by atoms with Gasteiger partial charge >= 0.3 is 11.3 Å². The van der Waals surface area contributed by atoms with E-state index in [2.05, 4.69) is 5.10 Å². The van der Waals surface area contributed by atoms with Crippen molar-refractivity contribution in [3.05, 3.63) is 29.8 Å². The topological polar surface area (TPSA) is 68.2 Å². The first-order valence-corrected chi connectivity index (χ1v) is 5.79. The molecule has 90 valence electrons. The standard InChI is InChI=1S/C10H10N2O4S/c1-7(13)12-11-10(16-17(12)14)8-3-5-9(15-2)6-4-8/h3-6H,1-2H3. The van der Waals surface area contributed by atoms with Crippen LogP contribution in [0.1, 0.15) is 12.5 Å². The van der Waals surface area contributed by atoms with Crippen molar-refractivity contribution < 1.29 is 17.9 Å². The van der Waals surface area contributed by atoms with Crippen molar-refractivity contribution in [2.24, 2.45) is 5.10 Å². The minimum Gasteiger partial charge on any atom is -0.497 e. The van der Waals surface area contributed by atoms with E-state index in [1.54, 1.807) is 31.4 Å². The molecule has 0 saturated carbocycles. The van der Waals surface area contributed by atoms with Crippen molar-refractivity contribution in [3.63, 3.8) is 0 Å². The fourth-order valence-corrected chi connectivity index (χ4v) is 1.94. The molecule has 1 aromatic carbocycles. The summed E-state index contributed by atoms with van der Waals surface area (Å²) in [6, 6.07) is 6.86. The van der Waals surface area contributed by atoms with Gasteiger partial charge in [0.2, 0.25) is 0 Å². The molecule has 1 atom stereocenters. The van der Waals surface area contributed by atoms with Crippen molar-refractivity contribution in [1.82, 2.24) is 4.41 Å². The zero-order valence-corrected chi connectivity index (χ0v) is 10.1. The molecule has 1 heterocycles. The summed E-state index contributed by atoms with van der Waals surface area (Å²) < 4.78 is 22.2. The van der Waals surface area contributed by atoms with Crippen molar-refractivity contribution in [1.29, 1.82) is 0 Å². The largest absolute Gasteiger partial charge is 0.497 e. The average Bonchev–Trinajstić information content (AvgIpc) is 2.71. The number of ether oxygens (including phenoxy) is 1. The lowest BCUT2D eigenvalue weighted by atomic mass is 10.2. The minimum atomic E-state index is -1.88. The number of hydrazone groups is 1. The molecular formula is C10H10N2O4S. The van der Waals surface area contributed by atoms with Gasteiger partial charge in [0, 0.05) is 12.5 Å². The number of hydrogen-bond acceptors (Lipinski definition) is 5. The van der Waals surface area contributed by atoms with E-state index < -0.39 is 17.2 Å². The maximum atomic E-state index is 11.4. The number of amides is 1. The Hall–Kier alpha value is -1.89. The van der Waals surface area contributed by atoms with Crippen LogP contribution in [0.4, 0.5) is 0 Å². The Kier molecular flexibility index (Phi) is 3.10. The molecule has 0 aromatic heterocycles. The highest BCUT2D eigenvalue weighted by atomic mass is 32.2. The highest BCUT2D eigenvalue weighted by Crippen LogP contribution is 2.18. The lowest BCUT2D eigenvalue weighted by Gasteiger charge is -2.01. The van der Waals surface area contributed by atoms with Crippen LogP contribution in [-0.4, -0.2) is 27.5 Å². The Morgan fingerprint density at radius 2 is 2.06 bits per heavy atom. The number of benzene rings is 1. The van der Waals surface area contributed by atoms with Crippen LogP contribution in [0.5, 0.6) is 5.75 Å². The molecule has 1 amide bonds. The average molecular weight is 254 g/mol. The number of methoxy groups -OCH3 is 1. The molecule has 0 fully saturated rings. The fraction of sp³-hybridized carbons (Fsp3) is 0.200. The van der Waals surface area contributed by atoms with Crippen molar-refractivity contribution in [2.75, 3.05) is 7.11 Å². The van der Waals surface area contributed by atoms with Gasteiger partial charge in [0.25, 0.3) is 11.8 Å². The van der Waals surface area contributed by atoms with E-state index in [1.807, 2.05) is 0 Å². The lowest BCUT2D eigenvalue weighted by molar-refractivity contribution is -0.124. The van der Waals surface area contributed by atoms with Gasteiger partial charge in [-0.3, -0.25) is 4.79 Å². The minimum absolute atomic E-state index is 0.154. The Morgan fingerprint density at radius 1 is 1.41 bits per heavy atom. The normalized spacial score (nSPS) is 18.6. The summed E-state index contributed by atoms with van der Waals surface area (Å²) >= 11 is -1.88. The van der Waals surface area contributed by atoms with Gasteiger partial charge in [0.1, 0.15) is 5.75 Å². The van der Waals surface area contributed by atoms with Crippen LogP contribution >= 0.6 is 0 Å². The molecule has 0 N–H and O–H groups in total. The zero-order valence-electron chi connectivity index (χ0n) is 9.25. The Morgan fingerprint density at radius 3 is 2.53 bits per heavy atom. The molecule has 0 bridgehead atoms. The summed E-state index contributed by atoms with van der Waals surface area (Å²) in [5.74, 6) is 0.407. The van der Waals surface area contributed by atoms with Crippen LogP contribution in [-0.2, 0) is 20.2 Å². The van der Waals surface area contributed by atoms with Gasteiger partial charge < -0.3 is 8.92 Å². The number of carbonyl (C=O) groups is 1. The molecule has 0 spiro atoms. The van der Waals surface area contributed by atoms with E-state index in [4.69, 9.17) is 8.92 Å². The van der Waals surface area contributed by atoms with Crippen LogP contribution in [0.3, 0.4) is 0 Å². The Bertz CT molecular complexity index is 498. The zero-order chi connectivity index (χ0) is 12.4. The predicted octanol–water partition coefficient (Wildman–Crippen LogP) is 0.814. The highest BCUT2D eigenvalue weighted by molar-refractivity contribution is 7.79. The van der Waals surface area contributed by atoms with E-state index >= 15 is 0 Å². The third kappa shape index (κ3) is 2.28. The summed E-state index contributed by atoms with van der Waals surface area (Å²) in [5.41, 5.74) is 0.628. The number of rotatable bonds is 2. The lowest BCUT2D eigenvalue weighted by Crippen LogP contribution is -2.21. The van der Waals surface area contributed by atoms with Crippen LogP contribution in [0.2, 0.25) is 0 Å². The predicted molar refractivity (Wildman–Crippen MR) is 61.3 cm³/mol. The Labute approximate surface area is 101 Å². The molecule has 2 rings (SSSR count). The Balaban J connectivity index is 2.26. The van der Waals surface area contributed by atoms with E-state index in [9.17, 15) is 9.00 Å². The van der Waals surface area contributed by atoms with Crippen LogP contribution in [0.15, 0.2) is 29.4 Å². The van der Waals surface area contributed by atoms with Crippen molar-refractivity contribution in [3.8, 4) is 5.75 Å². The first-order valence-electron chi connectivity index (χ1n) is 4.76. The second-order valence-electron chi connectivity index (χ2n) is 3.23. The van der Waals surface area contributed by atoms with Gasteiger partial charge in [0.15, 0.2) is 0 Å². The second kappa shape index (κ2) is 4.54. The van der Waals surface area contributed by atoms with E-state index in [0.717, 1.165) is 4.41 Å². The van der Waals surface area contributed by atoms with Gasteiger partial charge in [-0.05, 0) is 24.3 Å². The van der Waals surface area contributed by atoms with E-state index in [1.165, 1.54) is 6.92 Å². The van der Waals surface area contributed by atoms with Gasteiger partial charge in [0.05, 0.1) is 7.11 Å². The van der Waals surface area contributed by atoms with Gasteiger partial charge in [-0.25, -0.2) is 0 Å². The summed E-state index contributed by atoms with van der Waals surface area (Å²) in [5, 5.41) is 3.83. The summed E-state index contributed by atoms with van der Waals surface area (Å²) in [6.07, 6.45) is 0. The first-order chi connectivity index (χ1) is 8.11. The van der Waals surface area contributed by atoms with Crippen molar-refractivity contribution in [2.45, 2.75) is 6.92 Å². The third-order valence-electron chi connectivity index (χ3n) is 2.08. The quantitative estimate of drug-likeness (QED) is 0.783. The molecule has 0 radical (unpaired) electrons. The maximum absolute atomic E-state index is 11.4. The SMILES string of the molecule is COc1ccc(C2=NN(C(C)=O)S(=O)O2)cc1. The number of nitrogens with zero attached hydrogens (tertiary/aromatic N) is 2. The first kappa shape index (κ1) is 11.6. The summed E-state index contributed by atoms with van der Waals surface area (Å²) in [6.45, 7) is 1.27. The molecule has 6 nitrogen and oxygen atoms in total. The number of carbonyl (C=O) groups excluding carboxylic acids is 1. The molecule has 17 heavy (non-hydrogen) atoms. The fourth-order valence-electron chi connectivity index (χ4n) is 1.25. The molecule has 0 saturated heterocycles. The molecule has 1 aliphatic rings. The van der Waals surface area contributed by atoms with Crippen LogP contribution < -0.4 is 4.74 Å². The highest BCUT2D eigenvalue weighted by Gasteiger charge is 2.28. The molecule has 1 unspecified atom stereocenters. The van der Waals surface area contributed by atoms with Gasteiger partial charge in [-0.1, -0.05) is 0 Å². The third-order valence-corrected chi connectivity index (χ3v) is 3.00. The molecule has 1 aliphatic heterocycles. The van der Waals surface area contributed by atoms with E-state index in [-0.39, 0.29) is 5.90 Å². The van der Waals surface area contributed by atoms with E-state index in [0.29, 0.717) is 11.3 Å². The monoisotopic (exact) mass is 254 g/mol. The maximum Gasteiger partial charge on any atom is 0.344 e. The molecular weight excluding hydrogens is 244 g/mol. The summed E-state index contributed by atoms with van der Waals surface area (Å²) in [4.78, 5) is 11.1. The molecule has 0 aliphatic carbocycles. The number of hydrogen-bond donors (Lipinski definition) is 0. The van der Waals surface area contributed by atoms with Gasteiger partial charge in [-0.15, -0.1) is 9.52 Å². The second-order valence-corrected chi connectivity index (χ2v) is 4.17. The van der Waals surface area contributed by atoms with Crippen LogP contribution in [0, 0.1) is 0 Å². The van der Waals surface area contributed by atoms with Crippen molar-refractivity contribution >= 4 is 23.1 Å². The van der Waals surface area contributed by atoms with Gasteiger partial charge in [-0.2, -0.15) is 4.21 Å². The smallest absolute Gasteiger partial charge is 0.344 e. The molecule has 1 aromatic rings.